The average molecular weight is 247 g/mol. The third-order valence-corrected chi connectivity index (χ3v) is 4.08. The zero-order valence-electron chi connectivity index (χ0n) is 11.0. The minimum Gasteiger partial charge on any atom is -0.491 e. The van der Waals surface area contributed by atoms with Crippen molar-refractivity contribution in [1.29, 1.82) is 0 Å². The van der Waals surface area contributed by atoms with Crippen molar-refractivity contribution in [2.45, 2.75) is 26.2 Å². The molecular weight excluding hydrogens is 226 g/mol. The predicted octanol–water partition coefficient (Wildman–Crippen LogP) is 2.85. The lowest BCUT2D eigenvalue weighted by atomic mass is 9.83. The molecule has 1 aromatic rings. The molecule has 3 nitrogen and oxygen atoms in total. The lowest BCUT2D eigenvalue weighted by Crippen LogP contribution is -2.32. The van der Waals surface area contributed by atoms with Crippen LogP contribution in [0.2, 0.25) is 0 Å². The monoisotopic (exact) mass is 247 g/mol. The average Bonchev–Trinajstić information content (AvgIpc) is 2.86. The second kappa shape index (κ2) is 4.81. The van der Waals surface area contributed by atoms with E-state index in [0.717, 1.165) is 51.4 Å². The number of benzene rings is 1. The summed E-state index contributed by atoms with van der Waals surface area (Å²) in [6, 6.07) is 6.34. The van der Waals surface area contributed by atoms with Gasteiger partial charge in [-0.25, -0.2) is 0 Å². The van der Waals surface area contributed by atoms with Crippen LogP contribution in [0.25, 0.3) is 0 Å². The van der Waals surface area contributed by atoms with Crippen molar-refractivity contribution in [2.75, 3.05) is 31.7 Å². The Labute approximate surface area is 108 Å². The van der Waals surface area contributed by atoms with Crippen molar-refractivity contribution in [2.24, 2.45) is 5.41 Å². The van der Waals surface area contributed by atoms with Crippen LogP contribution < -0.4 is 10.1 Å². The molecule has 1 saturated heterocycles. The Bertz CT molecular complexity index is 425. The molecule has 3 heteroatoms. The maximum absolute atomic E-state index is 6.07. The van der Waals surface area contributed by atoms with Gasteiger partial charge in [0.15, 0.2) is 0 Å². The molecule has 3 rings (SSSR count). The van der Waals surface area contributed by atoms with Gasteiger partial charge in [-0.1, -0.05) is 19.1 Å². The van der Waals surface area contributed by atoms with Crippen LogP contribution in [0.4, 0.5) is 5.69 Å². The molecule has 1 aromatic carbocycles. The van der Waals surface area contributed by atoms with Crippen LogP contribution in [0.1, 0.15) is 25.3 Å². The van der Waals surface area contributed by atoms with E-state index in [4.69, 9.17) is 9.47 Å². The van der Waals surface area contributed by atoms with E-state index in [1.807, 2.05) is 0 Å². The molecule has 2 aliphatic heterocycles. The third kappa shape index (κ3) is 2.32. The third-order valence-electron chi connectivity index (χ3n) is 4.08. The fourth-order valence-electron chi connectivity index (χ4n) is 2.69. The van der Waals surface area contributed by atoms with E-state index in [-0.39, 0.29) is 5.41 Å². The van der Waals surface area contributed by atoms with E-state index >= 15 is 0 Å². The van der Waals surface area contributed by atoms with Crippen LogP contribution >= 0.6 is 0 Å². The number of anilines is 1. The molecule has 0 saturated carbocycles. The van der Waals surface area contributed by atoms with E-state index in [2.05, 4.69) is 30.4 Å². The largest absolute Gasteiger partial charge is 0.491 e. The van der Waals surface area contributed by atoms with Gasteiger partial charge >= 0.3 is 0 Å². The van der Waals surface area contributed by atoms with Crippen LogP contribution in [-0.2, 0) is 11.2 Å². The first-order chi connectivity index (χ1) is 8.77. The minimum atomic E-state index is 0.263. The van der Waals surface area contributed by atoms with Gasteiger partial charge in [-0.15, -0.1) is 0 Å². The van der Waals surface area contributed by atoms with E-state index < -0.39 is 0 Å². The lowest BCUT2D eigenvalue weighted by Gasteiger charge is -2.33. The van der Waals surface area contributed by atoms with E-state index in [0.29, 0.717) is 0 Å². The minimum absolute atomic E-state index is 0.263. The molecule has 0 atom stereocenters. The fraction of sp³-hybridized carbons (Fsp3) is 0.600. The number of rotatable bonds is 3. The Kier molecular flexibility index (Phi) is 3.16. The van der Waals surface area contributed by atoms with E-state index in [9.17, 15) is 0 Å². The van der Waals surface area contributed by atoms with Gasteiger partial charge < -0.3 is 14.8 Å². The summed E-state index contributed by atoms with van der Waals surface area (Å²) >= 11 is 0. The molecule has 2 aliphatic rings. The Morgan fingerprint density at radius 1 is 1.33 bits per heavy atom. The standard InChI is InChI=1S/C15H21NO2/c1-15(6-9-17-10-7-15)11-18-13-4-2-3-12-5-8-16-14(12)13/h2-4,16H,5-11H2,1H3. The topological polar surface area (TPSA) is 30.5 Å². The predicted molar refractivity (Wildman–Crippen MR) is 72.3 cm³/mol. The Balaban J connectivity index is 1.68. The molecule has 1 fully saturated rings. The van der Waals surface area contributed by atoms with Crippen LogP contribution in [0, 0.1) is 5.41 Å². The molecule has 0 aromatic heterocycles. The van der Waals surface area contributed by atoms with Crippen molar-refractivity contribution in [3.05, 3.63) is 23.8 Å². The number of fused-ring (bicyclic) bond motifs is 1. The SMILES string of the molecule is CC1(COc2cccc3c2NCC3)CCOCC1. The van der Waals surface area contributed by atoms with Crippen molar-refractivity contribution >= 4 is 5.69 Å². The van der Waals surface area contributed by atoms with Crippen molar-refractivity contribution < 1.29 is 9.47 Å². The second-order valence-corrected chi connectivity index (χ2v) is 5.68. The molecule has 0 amide bonds. The zero-order valence-corrected chi connectivity index (χ0v) is 11.0. The van der Waals surface area contributed by atoms with Gasteiger partial charge in [0, 0.05) is 25.2 Å². The molecule has 0 unspecified atom stereocenters. The number of nitrogens with one attached hydrogen (secondary N) is 1. The van der Waals surface area contributed by atoms with E-state index in [1.165, 1.54) is 11.3 Å². The summed E-state index contributed by atoms with van der Waals surface area (Å²) in [4.78, 5) is 0. The van der Waals surface area contributed by atoms with Crippen molar-refractivity contribution in [1.82, 2.24) is 0 Å². The van der Waals surface area contributed by atoms with Gasteiger partial charge in [-0.2, -0.15) is 0 Å². The number of ether oxygens (including phenoxy) is 2. The lowest BCUT2D eigenvalue weighted by molar-refractivity contribution is 0.000446. The van der Waals surface area contributed by atoms with Crippen LogP contribution in [0.15, 0.2) is 18.2 Å². The van der Waals surface area contributed by atoms with Gasteiger partial charge in [0.1, 0.15) is 5.75 Å². The Hall–Kier alpha value is -1.22. The van der Waals surface area contributed by atoms with Crippen molar-refractivity contribution in [3.8, 4) is 5.75 Å². The Morgan fingerprint density at radius 3 is 3.00 bits per heavy atom. The smallest absolute Gasteiger partial charge is 0.142 e. The molecule has 2 heterocycles. The molecule has 98 valence electrons. The summed E-state index contributed by atoms with van der Waals surface area (Å²) in [5.41, 5.74) is 2.84. The normalized spacial score (nSPS) is 21.2. The van der Waals surface area contributed by atoms with E-state index in [1.54, 1.807) is 0 Å². The first kappa shape index (κ1) is 11.8. The molecular formula is C15H21NO2. The highest BCUT2D eigenvalue weighted by molar-refractivity contribution is 5.65. The van der Waals surface area contributed by atoms with Gasteiger partial charge in [-0.3, -0.25) is 0 Å². The maximum atomic E-state index is 6.07. The van der Waals surface area contributed by atoms with Crippen molar-refractivity contribution in [3.63, 3.8) is 0 Å². The number of para-hydroxylation sites is 1. The second-order valence-electron chi connectivity index (χ2n) is 5.68. The summed E-state index contributed by atoms with van der Waals surface area (Å²) < 4.78 is 11.5. The highest BCUT2D eigenvalue weighted by Crippen LogP contribution is 2.35. The van der Waals surface area contributed by atoms with Gasteiger partial charge in [-0.05, 0) is 30.9 Å². The maximum Gasteiger partial charge on any atom is 0.142 e. The van der Waals surface area contributed by atoms with Crippen LogP contribution in [0.5, 0.6) is 5.75 Å². The van der Waals surface area contributed by atoms with Gasteiger partial charge in [0.2, 0.25) is 0 Å². The summed E-state index contributed by atoms with van der Waals surface area (Å²) in [7, 11) is 0. The number of hydrogen-bond acceptors (Lipinski definition) is 3. The summed E-state index contributed by atoms with van der Waals surface area (Å²) in [6.07, 6.45) is 3.29. The first-order valence-corrected chi connectivity index (χ1v) is 6.83. The van der Waals surface area contributed by atoms with Gasteiger partial charge in [0.05, 0.1) is 12.3 Å². The quantitative estimate of drug-likeness (QED) is 0.891. The first-order valence-electron chi connectivity index (χ1n) is 6.83. The van der Waals surface area contributed by atoms with Crippen LogP contribution in [0.3, 0.4) is 0 Å². The number of hydrogen-bond donors (Lipinski definition) is 1. The van der Waals surface area contributed by atoms with Gasteiger partial charge in [0.25, 0.3) is 0 Å². The summed E-state index contributed by atoms with van der Waals surface area (Å²) in [5, 5.41) is 3.42. The Morgan fingerprint density at radius 2 is 2.17 bits per heavy atom. The summed E-state index contributed by atoms with van der Waals surface area (Å²) in [6.45, 7) is 5.84. The fourth-order valence-corrected chi connectivity index (χ4v) is 2.69. The highest BCUT2D eigenvalue weighted by Gasteiger charge is 2.28. The molecule has 0 radical (unpaired) electrons. The van der Waals surface area contributed by atoms with Crippen LogP contribution in [-0.4, -0.2) is 26.4 Å². The highest BCUT2D eigenvalue weighted by atomic mass is 16.5. The molecule has 1 N–H and O–H groups in total. The molecule has 18 heavy (non-hydrogen) atoms. The molecule has 0 spiro atoms. The molecule has 0 aliphatic carbocycles. The zero-order chi connectivity index (χ0) is 12.4. The molecule has 0 bridgehead atoms. The summed E-state index contributed by atoms with van der Waals surface area (Å²) in [5.74, 6) is 1.01.